The van der Waals surface area contributed by atoms with E-state index in [1.165, 1.54) is 52.4 Å². The summed E-state index contributed by atoms with van der Waals surface area (Å²) in [5.74, 6) is -0.628. The van der Waals surface area contributed by atoms with Crippen molar-refractivity contribution in [3.63, 3.8) is 0 Å². The van der Waals surface area contributed by atoms with Crippen LogP contribution in [0, 0.1) is 5.82 Å². The van der Waals surface area contributed by atoms with Crippen molar-refractivity contribution in [1.82, 2.24) is 14.8 Å². The fourth-order valence-corrected chi connectivity index (χ4v) is 3.58. The number of benzene rings is 2. The Labute approximate surface area is 194 Å². The summed E-state index contributed by atoms with van der Waals surface area (Å²) in [7, 11) is 0. The SMILES string of the molecule is O=C(Nc1nc(-c2ccc(OC(F)F)cc2)cs1)c1ccn(COc2ccc(F)c(Cl)c2)n1. The Morgan fingerprint density at radius 3 is 2.64 bits per heavy atom. The largest absolute Gasteiger partial charge is 0.471 e. The van der Waals surface area contributed by atoms with E-state index in [1.807, 2.05) is 0 Å². The number of ether oxygens (including phenoxy) is 2. The first-order chi connectivity index (χ1) is 15.9. The maximum Gasteiger partial charge on any atom is 0.387 e. The molecule has 2 aromatic heterocycles. The van der Waals surface area contributed by atoms with Gasteiger partial charge in [0.25, 0.3) is 5.91 Å². The predicted octanol–water partition coefficient (Wildman–Crippen LogP) is 5.69. The molecule has 4 rings (SSSR count). The molecule has 0 aliphatic rings. The van der Waals surface area contributed by atoms with E-state index in [4.69, 9.17) is 16.3 Å². The Hall–Kier alpha value is -3.57. The molecule has 2 heterocycles. The number of alkyl halides is 2. The van der Waals surface area contributed by atoms with E-state index in [0.29, 0.717) is 22.1 Å². The fraction of sp³-hybridized carbons (Fsp3) is 0.0952. The average molecular weight is 495 g/mol. The molecule has 0 saturated heterocycles. The third-order valence-corrected chi connectivity index (χ3v) is 5.28. The molecule has 4 aromatic rings. The second-order valence-electron chi connectivity index (χ2n) is 6.48. The molecule has 0 fully saturated rings. The van der Waals surface area contributed by atoms with Gasteiger partial charge in [-0.2, -0.15) is 13.9 Å². The van der Waals surface area contributed by atoms with Crippen molar-refractivity contribution in [2.24, 2.45) is 0 Å². The van der Waals surface area contributed by atoms with E-state index in [-0.39, 0.29) is 23.2 Å². The van der Waals surface area contributed by atoms with Crippen LogP contribution < -0.4 is 14.8 Å². The standard InChI is InChI=1S/C21H14ClF3N4O3S/c22-15-9-14(5-6-16(15)23)31-11-29-8-7-17(28-29)19(30)27-21-26-18(10-33-21)12-1-3-13(4-2-12)32-20(24)25/h1-10,20H,11H2,(H,26,27,30). The Kier molecular flexibility index (Phi) is 6.80. The summed E-state index contributed by atoms with van der Waals surface area (Å²) in [4.78, 5) is 16.8. The maximum absolute atomic E-state index is 13.2. The monoisotopic (exact) mass is 494 g/mol. The molecule has 0 unspecified atom stereocenters. The lowest BCUT2D eigenvalue weighted by Gasteiger charge is -2.06. The summed E-state index contributed by atoms with van der Waals surface area (Å²) in [6.07, 6.45) is 1.55. The Morgan fingerprint density at radius 1 is 1.15 bits per heavy atom. The lowest BCUT2D eigenvalue weighted by molar-refractivity contribution is -0.0498. The Bertz CT molecular complexity index is 1260. The number of nitrogens with zero attached hydrogens (tertiary/aromatic N) is 3. The zero-order valence-electron chi connectivity index (χ0n) is 16.5. The van der Waals surface area contributed by atoms with E-state index in [2.05, 4.69) is 20.1 Å². The van der Waals surface area contributed by atoms with Crippen LogP contribution in [0.5, 0.6) is 11.5 Å². The van der Waals surface area contributed by atoms with Crippen LogP contribution in [0.3, 0.4) is 0 Å². The highest BCUT2D eigenvalue weighted by molar-refractivity contribution is 7.14. The first-order valence-electron chi connectivity index (χ1n) is 9.31. The van der Waals surface area contributed by atoms with Gasteiger partial charge >= 0.3 is 6.61 Å². The summed E-state index contributed by atoms with van der Waals surface area (Å²) in [6.45, 7) is -2.91. The van der Waals surface area contributed by atoms with Crippen LogP contribution in [-0.2, 0) is 6.73 Å². The van der Waals surface area contributed by atoms with E-state index in [9.17, 15) is 18.0 Å². The number of hydrogen-bond acceptors (Lipinski definition) is 6. The van der Waals surface area contributed by atoms with Gasteiger partial charge in [0.05, 0.1) is 10.7 Å². The minimum absolute atomic E-state index is 0.0120. The van der Waals surface area contributed by atoms with Gasteiger partial charge in [0.15, 0.2) is 17.6 Å². The van der Waals surface area contributed by atoms with Gasteiger partial charge in [-0.15, -0.1) is 11.3 Å². The first-order valence-corrected chi connectivity index (χ1v) is 10.6. The molecule has 0 saturated carbocycles. The fourth-order valence-electron chi connectivity index (χ4n) is 2.69. The number of carbonyl (C=O) groups is 1. The van der Waals surface area contributed by atoms with Gasteiger partial charge in [-0.25, -0.2) is 14.1 Å². The lowest BCUT2D eigenvalue weighted by Crippen LogP contribution is -2.14. The van der Waals surface area contributed by atoms with E-state index >= 15 is 0 Å². The van der Waals surface area contributed by atoms with E-state index < -0.39 is 18.3 Å². The highest BCUT2D eigenvalue weighted by Crippen LogP contribution is 2.27. The molecule has 12 heteroatoms. The molecule has 1 N–H and O–H groups in total. The molecule has 0 bridgehead atoms. The highest BCUT2D eigenvalue weighted by Gasteiger charge is 2.13. The summed E-state index contributed by atoms with van der Waals surface area (Å²) in [5.41, 5.74) is 1.38. The molecule has 0 atom stereocenters. The molecule has 33 heavy (non-hydrogen) atoms. The number of anilines is 1. The third kappa shape index (κ3) is 5.82. The normalized spacial score (nSPS) is 10.9. The van der Waals surface area contributed by atoms with Gasteiger partial charge in [0.2, 0.25) is 0 Å². The Morgan fingerprint density at radius 2 is 1.91 bits per heavy atom. The van der Waals surface area contributed by atoms with Crippen LogP contribution in [0.15, 0.2) is 60.1 Å². The van der Waals surface area contributed by atoms with Crippen molar-refractivity contribution < 1.29 is 27.4 Å². The molecule has 170 valence electrons. The van der Waals surface area contributed by atoms with Crippen molar-refractivity contribution in [2.45, 2.75) is 13.3 Å². The topological polar surface area (TPSA) is 78.3 Å². The molecular weight excluding hydrogens is 481 g/mol. The molecule has 0 aliphatic carbocycles. The smallest absolute Gasteiger partial charge is 0.387 e. The minimum atomic E-state index is -2.90. The Balaban J connectivity index is 1.35. The maximum atomic E-state index is 13.2. The molecule has 0 radical (unpaired) electrons. The van der Waals surface area contributed by atoms with Crippen LogP contribution in [0.2, 0.25) is 5.02 Å². The average Bonchev–Trinajstić information content (AvgIpc) is 3.45. The van der Waals surface area contributed by atoms with E-state index in [1.54, 1.807) is 23.7 Å². The summed E-state index contributed by atoms with van der Waals surface area (Å²) < 4.78 is 48.9. The number of nitrogens with one attached hydrogen (secondary N) is 1. The second kappa shape index (κ2) is 9.92. The molecule has 2 aromatic carbocycles. The number of hydrogen-bond donors (Lipinski definition) is 1. The van der Waals surface area contributed by atoms with Crippen LogP contribution in [-0.4, -0.2) is 27.3 Å². The summed E-state index contributed by atoms with van der Waals surface area (Å²) in [5, 5.41) is 8.79. The zero-order valence-corrected chi connectivity index (χ0v) is 18.1. The molecular formula is C21H14ClF3N4O3S. The number of rotatable bonds is 8. The number of aromatic nitrogens is 3. The van der Waals surface area contributed by atoms with Crippen LogP contribution in [0.1, 0.15) is 10.5 Å². The van der Waals surface area contributed by atoms with Crippen molar-refractivity contribution in [3.05, 3.63) is 76.6 Å². The van der Waals surface area contributed by atoms with Gasteiger partial charge in [-0.1, -0.05) is 11.6 Å². The predicted molar refractivity (Wildman–Crippen MR) is 116 cm³/mol. The summed E-state index contributed by atoms with van der Waals surface area (Å²) in [6, 6.07) is 11.5. The van der Waals surface area contributed by atoms with Crippen molar-refractivity contribution >= 4 is 34.0 Å². The van der Waals surface area contributed by atoms with Crippen molar-refractivity contribution in [3.8, 4) is 22.8 Å². The van der Waals surface area contributed by atoms with Gasteiger partial charge in [-0.3, -0.25) is 10.1 Å². The molecule has 0 aliphatic heterocycles. The number of thiazole rings is 1. The van der Waals surface area contributed by atoms with Crippen LogP contribution in [0.4, 0.5) is 18.3 Å². The lowest BCUT2D eigenvalue weighted by atomic mass is 10.2. The van der Waals surface area contributed by atoms with E-state index in [0.717, 1.165) is 0 Å². The van der Waals surface area contributed by atoms with Crippen LogP contribution in [0.25, 0.3) is 11.3 Å². The molecule has 1 amide bonds. The minimum Gasteiger partial charge on any atom is -0.471 e. The van der Waals surface area contributed by atoms with Gasteiger partial charge < -0.3 is 9.47 Å². The number of carbonyl (C=O) groups excluding carboxylic acids is 1. The zero-order chi connectivity index (χ0) is 23.4. The van der Waals surface area contributed by atoms with Crippen LogP contribution >= 0.6 is 22.9 Å². The highest BCUT2D eigenvalue weighted by atomic mass is 35.5. The number of halogens is 4. The van der Waals surface area contributed by atoms with Crippen molar-refractivity contribution in [2.75, 3.05) is 5.32 Å². The van der Waals surface area contributed by atoms with Gasteiger partial charge in [-0.05, 0) is 42.5 Å². The van der Waals surface area contributed by atoms with Crippen molar-refractivity contribution in [1.29, 1.82) is 0 Å². The molecule has 7 nitrogen and oxygen atoms in total. The third-order valence-electron chi connectivity index (χ3n) is 4.23. The van der Waals surface area contributed by atoms with Gasteiger partial charge in [0, 0.05) is 23.2 Å². The number of amides is 1. The second-order valence-corrected chi connectivity index (χ2v) is 7.75. The quantitative estimate of drug-likeness (QED) is 0.340. The summed E-state index contributed by atoms with van der Waals surface area (Å²) >= 11 is 6.92. The first kappa shape index (κ1) is 22.6. The van der Waals surface area contributed by atoms with Gasteiger partial charge in [0.1, 0.15) is 17.3 Å². The molecule has 0 spiro atoms.